The van der Waals surface area contributed by atoms with Crippen molar-refractivity contribution in [2.45, 2.75) is 45.4 Å². The van der Waals surface area contributed by atoms with Crippen LogP contribution < -0.4 is 5.32 Å². The number of rotatable bonds is 5. The summed E-state index contributed by atoms with van der Waals surface area (Å²) in [6.07, 6.45) is -0.530. The van der Waals surface area contributed by atoms with Gasteiger partial charge < -0.3 is 10.1 Å². The van der Waals surface area contributed by atoms with E-state index in [4.69, 9.17) is 4.74 Å². The topological polar surface area (TPSA) is 55.4 Å². The Bertz CT molecular complexity index is 248. The Morgan fingerprint density at radius 3 is 2.31 bits per heavy atom. The number of hydrogen-bond acceptors (Lipinski definition) is 4. The van der Waals surface area contributed by atoms with Gasteiger partial charge in [-0.3, -0.25) is 4.79 Å². The average Bonchev–Trinajstić information content (AvgIpc) is 2.10. The maximum atomic E-state index is 11.3. The largest absolute Gasteiger partial charge is 0.450 e. The summed E-state index contributed by atoms with van der Waals surface area (Å²) >= 11 is 1.64. The standard InChI is InChI=1S/C11H21NO3S/c1-6-15-10(14)12-9(8(2)13)7-16-11(3,4)5/h9H,6-7H2,1-5H3,(H,12,14)/t9-/m0/s1. The molecule has 4 nitrogen and oxygen atoms in total. The molecule has 0 bridgehead atoms. The molecule has 94 valence electrons. The molecule has 0 saturated heterocycles. The van der Waals surface area contributed by atoms with Gasteiger partial charge in [-0.15, -0.1) is 0 Å². The molecule has 0 rings (SSSR count). The molecule has 0 aliphatic rings. The van der Waals surface area contributed by atoms with Crippen molar-refractivity contribution >= 4 is 23.6 Å². The maximum absolute atomic E-state index is 11.3. The Hall–Kier alpha value is -0.710. The first-order valence-corrected chi connectivity index (χ1v) is 6.32. The molecule has 0 fully saturated rings. The summed E-state index contributed by atoms with van der Waals surface area (Å²) in [7, 11) is 0. The van der Waals surface area contributed by atoms with Gasteiger partial charge in [0.1, 0.15) is 0 Å². The van der Waals surface area contributed by atoms with Gasteiger partial charge in [-0.05, 0) is 13.8 Å². The monoisotopic (exact) mass is 247 g/mol. The van der Waals surface area contributed by atoms with E-state index in [1.807, 2.05) is 0 Å². The van der Waals surface area contributed by atoms with Crippen LogP contribution in [0.4, 0.5) is 4.79 Å². The highest BCUT2D eigenvalue weighted by atomic mass is 32.2. The van der Waals surface area contributed by atoms with Crippen LogP contribution in [0, 0.1) is 0 Å². The smallest absolute Gasteiger partial charge is 0.407 e. The van der Waals surface area contributed by atoms with Gasteiger partial charge >= 0.3 is 6.09 Å². The van der Waals surface area contributed by atoms with E-state index in [-0.39, 0.29) is 10.5 Å². The third kappa shape index (κ3) is 7.56. The zero-order chi connectivity index (χ0) is 12.8. The number of ketones is 1. The SMILES string of the molecule is CCOC(=O)N[C@@H](CSC(C)(C)C)C(C)=O. The quantitative estimate of drug-likeness (QED) is 0.809. The molecule has 1 N–H and O–H groups in total. The number of ether oxygens (including phenoxy) is 1. The first-order valence-electron chi connectivity index (χ1n) is 5.34. The van der Waals surface area contributed by atoms with E-state index in [1.165, 1.54) is 6.92 Å². The van der Waals surface area contributed by atoms with E-state index in [9.17, 15) is 9.59 Å². The number of nitrogens with one attached hydrogen (secondary N) is 1. The lowest BCUT2D eigenvalue weighted by atomic mass is 10.2. The van der Waals surface area contributed by atoms with Gasteiger partial charge in [0.2, 0.25) is 0 Å². The van der Waals surface area contributed by atoms with Crippen LogP contribution >= 0.6 is 11.8 Å². The Morgan fingerprint density at radius 2 is 1.94 bits per heavy atom. The van der Waals surface area contributed by atoms with Gasteiger partial charge in [0.15, 0.2) is 5.78 Å². The van der Waals surface area contributed by atoms with Crippen LogP contribution in [0.5, 0.6) is 0 Å². The van der Waals surface area contributed by atoms with Gasteiger partial charge in [-0.25, -0.2) is 4.79 Å². The Kier molecular flexibility index (Phi) is 6.48. The molecule has 16 heavy (non-hydrogen) atoms. The summed E-state index contributed by atoms with van der Waals surface area (Å²) in [5, 5.41) is 2.56. The van der Waals surface area contributed by atoms with E-state index in [1.54, 1.807) is 18.7 Å². The van der Waals surface area contributed by atoms with Crippen molar-refractivity contribution < 1.29 is 14.3 Å². The highest BCUT2D eigenvalue weighted by Crippen LogP contribution is 2.23. The first kappa shape index (κ1) is 15.3. The van der Waals surface area contributed by atoms with E-state index in [0.29, 0.717) is 12.4 Å². The molecule has 0 aliphatic heterocycles. The fourth-order valence-electron chi connectivity index (χ4n) is 0.909. The minimum atomic E-state index is -0.530. The van der Waals surface area contributed by atoms with Crippen LogP contribution in [0.2, 0.25) is 0 Å². The van der Waals surface area contributed by atoms with Crippen LogP contribution in [0.25, 0.3) is 0 Å². The lowest BCUT2D eigenvalue weighted by molar-refractivity contribution is -0.118. The molecular formula is C11H21NO3S. The number of alkyl carbamates (subject to hydrolysis) is 1. The van der Waals surface area contributed by atoms with Gasteiger partial charge in [0.25, 0.3) is 0 Å². The van der Waals surface area contributed by atoms with E-state index < -0.39 is 12.1 Å². The zero-order valence-electron chi connectivity index (χ0n) is 10.6. The Balaban J connectivity index is 4.18. The molecular weight excluding hydrogens is 226 g/mol. The van der Waals surface area contributed by atoms with E-state index in [0.717, 1.165) is 0 Å². The van der Waals surface area contributed by atoms with Crippen LogP contribution in [0.3, 0.4) is 0 Å². The second-order valence-corrected chi connectivity index (χ2v) is 6.30. The van der Waals surface area contributed by atoms with Gasteiger partial charge in [0.05, 0.1) is 12.6 Å². The van der Waals surface area contributed by atoms with Gasteiger partial charge in [-0.2, -0.15) is 11.8 Å². The predicted molar refractivity (Wildman–Crippen MR) is 66.8 cm³/mol. The maximum Gasteiger partial charge on any atom is 0.407 e. The molecule has 0 aliphatic carbocycles. The summed E-state index contributed by atoms with van der Waals surface area (Å²) in [5.74, 6) is 0.516. The van der Waals surface area contributed by atoms with E-state index >= 15 is 0 Å². The Labute approximate surface area is 101 Å². The lowest BCUT2D eigenvalue weighted by Gasteiger charge is -2.21. The average molecular weight is 247 g/mol. The van der Waals surface area contributed by atoms with Gasteiger partial charge in [-0.1, -0.05) is 20.8 Å². The number of amides is 1. The molecule has 0 spiro atoms. The molecule has 0 aromatic carbocycles. The van der Waals surface area contributed by atoms with Crippen molar-refractivity contribution in [3.05, 3.63) is 0 Å². The summed E-state index contributed by atoms with van der Waals surface area (Å²) in [4.78, 5) is 22.5. The molecule has 0 heterocycles. The van der Waals surface area contributed by atoms with Crippen molar-refractivity contribution in [1.82, 2.24) is 5.32 Å². The minimum absolute atomic E-state index is 0.0511. The highest BCUT2D eigenvalue weighted by Gasteiger charge is 2.21. The number of carbonyl (C=O) groups is 2. The molecule has 0 radical (unpaired) electrons. The van der Waals surface area contributed by atoms with E-state index in [2.05, 4.69) is 26.1 Å². The van der Waals surface area contributed by atoms with Crippen molar-refractivity contribution in [2.24, 2.45) is 0 Å². The Morgan fingerprint density at radius 1 is 1.38 bits per heavy atom. The number of thioether (sulfide) groups is 1. The fourth-order valence-corrected chi connectivity index (χ4v) is 1.89. The predicted octanol–water partition coefficient (Wildman–Crippen LogP) is 2.22. The molecule has 0 unspecified atom stereocenters. The summed E-state index contributed by atoms with van der Waals surface area (Å²) in [6.45, 7) is 9.72. The van der Waals surface area contributed by atoms with Crippen LogP contribution in [0.1, 0.15) is 34.6 Å². The fraction of sp³-hybridized carbons (Fsp3) is 0.818. The summed E-state index contributed by atoms with van der Waals surface area (Å²) in [5.41, 5.74) is 0. The van der Waals surface area contributed by atoms with Crippen molar-refractivity contribution in [2.75, 3.05) is 12.4 Å². The third-order valence-corrected chi connectivity index (χ3v) is 3.11. The van der Waals surface area contributed by atoms with Crippen LogP contribution in [0.15, 0.2) is 0 Å². The number of hydrogen-bond donors (Lipinski definition) is 1. The van der Waals surface area contributed by atoms with Crippen LogP contribution in [-0.4, -0.2) is 35.0 Å². The normalized spacial score (nSPS) is 13.1. The van der Waals surface area contributed by atoms with Gasteiger partial charge in [0, 0.05) is 10.5 Å². The zero-order valence-corrected chi connectivity index (χ0v) is 11.4. The molecule has 0 aromatic rings. The third-order valence-electron chi connectivity index (χ3n) is 1.74. The van der Waals surface area contributed by atoms with Crippen molar-refractivity contribution in [3.8, 4) is 0 Å². The minimum Gasteiger partial charge on any atom is -0.450 e. The van der Waals surface area contributed by atoms with Crippen molar-refractivity contribution in [1.29, 1.82) is 0 Å². The van der Waals surface area contributed by atoms with Crippen LogP contribution in [-0.2, 0) is 9.53 Å². The second kappa shape index (κ2) is 6.78. The van der Waals surface area contributed by atoms with Crippen molar-refractivity contribution in [3.63, 3.8) is 0 Å². The second-order valence-electron chi connectivity index (χ2n) is 4.45. The molecule has 1 amide bonds. The summed E-state index contributed by atoms with van der Waals surface area (Å²) in [6, 6.07) is -0.469. The molecule has 0 aromatic heterocycles. The number of carbonyl (C=O) groups excluding carboxylic acids is 2. The lowest BCUT2D eigenvalue weighted by Crippen LogP contribution is -2.42. The first-order chi connectivity index (χ1) is 7.26. The highest BCUT2D eigenvalue weighted by molar-refractivity contribution is 8.00. The molecule has 5 heteroatoms. The summed E-state index contributed by atoms with van der Waals surface area (Å²) < 4.78 is 4.82. The molecule has 1 atom stereocenters. The molecule has 0 saturated carbocycles. The number of Topliss-reactive ketones (excluding diaryl/α,β-unsaturated/α-hetero) is 1.